The summed E-state index contributed by atoms with van der Waals surface area (Å²) in [5.41, 5.74) is 34.6. The summed E-state index contributed by atoms with van der Waals surface area (Å²) >= 11 is 5.92. The number of hydrogen-bond acceptors (Lipinski definition) is 24. The second-order valence-electron chi connectivity index (χ2n) is 30.8. The van der Waals surface area contributed by atoms with Gasteiger partial charge in [0, 0.05) is 81.8 Å². The maximum absolute atomic E-state index is 13.8. The molecule has 0 saturated carbocycles. The fourth-order valence-electron chi connectivity index (χ4n) is 10.7. The van der Waals surface area contributed by atoms with Crippen molar-refractivity contribution in [3.63, 3.8) is 0 Å². The van der Waals surface area contributed by atoms with Crippen LogP contribution >= 0.6 is 11.6 Å². The fourth-order valence-corrected chi connectivity index (χ4v) is 10.9. The molecule has 6 aromatic heterocycles. The number of halogens is 6. The molecule has 7 aromatic carbocycles. The summed E-state index contributed by atoms with van der Waals surface area (Å²) in [7, 11) is 0. The Morgan fingerprint density at radius 1 is 0.528 bits per heavy atom. The number of aliphatic imine (C=N–C) groups is 2. The highest BCUT2D eigenvalue weighted by Crippen LogP contribution is 2.28. The van der Waals surface area contributed by atoms with Gasteiger partial charge in [-0.2, -0.15) is 10.1 Å². The van der Waals surface area contributed by atoms with Crippen molar-refractivity contribution < 1.29 is 59.4 Å². The SMILES string of the molecule is CC(=O)C(C)C=O.CC(C)(C)OC(=O)N=C(NC(=O)OC(C)(C)C)n1cccn1.Cc1cc(N)cc(C)c1F.Cc1cc(N=C(N)N)cc(C)c1F.Cc1cc(Nc2ncc(C)c(=O)[nH]2)cc(C)c1F.Cc1cnc(Nc2cc(C)c(F)c(C)c2)nc1Cl.Cc1cnc(Nc2cc(C)c(F)c(C)c2)nc1Nc1ccc2oc(=O)[nH]c2c1.Nc1ccc2oc(=O)[nH]c2c1. The zero-order valence-electron chi connectivity index (χ0n) is 73.9. The van der Waals surface area contributed by atoms with E-state index in [4.69, 9.17) is 52.8 Å². The number of carbonyl (C=O) groups excluding carboxylic acids is 4. The summed E-state index contributed by atoms with van der Waals surface area (Å²) in [5.74, 6) is -0.828. The number of anilines is 10. The van der Waals surface area contributed by atoms with Crippen LogP contribution in [0, 0.1) is 125 Å². The number of alkyl carbamates (subject to hydrolysis) is 1. The van der Waals surface area contributed by atoms with E-state index >= 15 is 0 Å². The molecule has 0 radical (unpaired) electrons. The Hall–Kier alpha value is -14.9. The number of aromatic amines is 3. The number of ketones is 1. The van der Waals surface area contributed by atoms with Gasteiger partial charge in [0.25, 0.3) is 5.56 Å². The van der Waals surface area contributed by atoms with Gasteiger partial charge in [0.05, 0.1) is 22.6 Å². The minimum atomic E-state index is -0.839. The van der Waals surface area contributed by atoms with E-state index < -0.39 is 40.8 Å². The molecule has 38 heteroatoms. The molecule has 0 spiro atoms. The number of nitrogen functional groups attached to an aromatic ring is 2. The van der Waals surface area contributed by atoms with E-state index in [1.807, 2.05) is 13.8 Å². The molecule has 32 nitrogen and oxygen atoms in total. The van der Waals surface area contributed by atoms with Crippen molar-refractivity contribution in [2.75, 3.05) is 32.7 Å². The van der Waals surface area contributed by atoms with Crippen molar-refractivity contribution in [2.45, 2.75) is 157 Å². The summed E-state index contributed by atoms with van der Waals surface area (Å²) < 4.78 is 88.0. The van der Waals surface area contributed by atoms with E-state index in [9.17, 15) is 55.5 Å². The van der Waals surface area contributed by atoms with E-state index in [0.717, 1.165) is 22.5 Å². The summed E-state index contributed by atoms with van der Waals surface area (Å²) in [6.45, 7) is 35.7. The van der Waals surface area contributed by atoms with Crippen LogP contribution in [0.25, 0.3) is 22.2 Å². The summed E-state index contributed by atoms with van der Waals surface area (Å²) in [4.78, 5) is 113. The number of amides is 2. The Labute approximate surface area is 733 Å². The van der Waals surface area contributed by atoms with E-state index in [1.165, 1.54) is 30.2 Å². The quantitative estimate of drug-likeness (QED) is 0.0109. The second kappa shape index (κ2) is 45.5. The number of aldehydes is 1. The summed E-state index contributed by atoms with van der Waals surface area (Å²) in [6.07, 6.45) is 6.90. The van der Waals surface area contributed by atoms with Gasteiger partial charge >= 0.3 is 23.7 Å². The van der Waals surface area contributed by atoms with Gasteiger partial charge in [0.15, 0.2) is 17.1 Å². The summed E-state index contributed by atoms with van der Waals surface area (Å²) in [6, 6.07) is 28.5. The minimum Gasteiger partial charge on any atom is -0.444 e. The van der Waals surface area contributed by atoms with Crippen LogP contribution in [-0.2, 0) is 19.1 Å². The second-order valence-corrected chi connectivity index (χ2v) is 31.2. The van der Waals surface area contributed by atoms with Crippen molar-refractivity contribution in [3.8, 4) is 0 Å². The number of nitrogens with two attached hydrogens (primary N) is 4. The topological polar surface area (TPSA) is 483 Å². The number of Topliss-reactive ketones (excluding diaryl/α,β-unsaturated/α-hetero) is 1. The number of benzene rings is 7. The number of aromatic nitrogens is 10. The number of H-pyrrole nitrogens is 3. The molecule has 0 aliphatic rings. The number of hydrogen-bond donors (Lipinski definition) is 12. The first-order valence-corrected chi connectivity index (χ1v) is 39.2. The van der Waals surface area contributed by atoms with Crippen LogP contribution in [0.3, 0.4) is 0 Å². The van der Waals surface area contributed by atoms with Crippen LogP contribution in [0.4, 0.5) is 95.0 Å². The van der Waals surface area contributed by atoms with Crippen LogP contribution < -0.4 is 66.6 Å². The Balaban J connectivity index is 0.000000231. The Morgan fingerprint density at radius 3 is 1.39 bits per heavy atom. The molecule has 13 rings (SSSR count). The number of oxazole rings is 2. The molecule has 0 aliphatic carbocycles. The monoisotopic (exact) mass is 1770 g/mol. The lowest BCUT2D eigenvalue weighted by Gasteiger charge is -2.20. The first kappa shape index (κ1) is 101. The maximum atomic E-state index is 13.8. The predicted molar refractivity (Wildman–Crippen MR) is 485 cm³/mol. The fraction of sp³-hybridized carbons (Fsp3) is 0.270. The van der Waals surface area contributed by atoms with E-state index in [2.05, 4.69) is 81.5 Å². The van der Waals surface area contributed by atoms with Gasteiger partial charge in [-0.25, -0.2) is 70.7 Å². The Morgan fingerprint density at radius 2 is 0.961 bits per heavy atom. The molecule has 1 unspecified atom stereocenters. The zero-order valence-corrected chi connectivity index (χ0v) is 74.7. The zero-order chi connectivity index (χ0) is 94.8. The number of ether oxygens (including phenoxy) is 2. The smallest absolute Gasteiger partial charge is 0.437 e. The average molecular weight is 1770 g/mol. The van der Waals surface area contributed by atoms with Gasteiger partial charge in [0.2, 0.25) is 23.8 Å². The third-order valence-corrected chi connectivity index (χ3v) is 17.4. The molecule has 13 aromatic rings. The van der Waals surface area contributed by atoms with E-state index in [0.29, 0.717) is 147 Å². The third kappa shape index (κ3) is 32.7. The average Bonchev–Trinajstić information content (AvgIpc) is 1.40. The van der Waals surface area contributed by atoms with Gasteiger partial charge < -0.3 is 67.3 Å². The standard InChI is InChI=1S/C20H18FN5O2.C14H22N4O4.C13H13ClFN3.C13H14FN3O.C9H12FN3.C8H10FN.C7H6N2O2.C5H8O2/c1-10-6-14(7-11(2)17(10)21)24-19-22-9-12(3)18(26-19)23-13-4-5-16-15(8-13)25-20(27)28-16;1-13(2,3)21-11(19)16-10(18-9-7-8-15-18)17-12(20)22-14(4,5)6;1-7-4-10(5-8(2)11(7)15)17-13-16-6-9(3)12(14)18-13;1-7-4-10(5-8(2)11(7)14)16-13-15-6-9(3)12(18)17-13;1-5-3-7(13-9(11)12)4-6(2)8(5)10;1-5-3-7(10)4-6(2)8(5)9;8-4-1-2-6-5(3-4)9-7(10)11-6;1-4(3-6)5(2)7/h4-9H,1-3H3,(H,25,27)(H2,22,23,24,26);7-9H,1-6H3,(H,16,17,19,20);4-6H,1-3H3,(H,16,17,18);4-6H,1-3H3,(H2,15,16,17,18);3-4H,1-2H3,(H4,11,12,13);3-4H,10H2,1-2H3;1-3H,8H2,(H,9,10);3-4H,1-2H3. The minimum absolute atomic E-state index is 0.0228. The molecule has 6 heterocycles. The Kier molecular flexibility index (Phi) is 36.1. The highest BCUT2D eigenvalue weighted by atomic mass is 35.5. The highest BCUT2D eigenvalue weighted by molar-refractivity contribution is 6.30. The molecule has 672 valence electrons. The molecule has 16 N–H and O–H groups in total. The number of rotatable bonds is 11. The van der Waals surface area contributed by atoms with Crippen LogP contribution in [0.15, 0.2) is 167 Å². The van der Waals surface area contributed by atoms with Gasteiger partial charge in [0.1, 0.15) is 63.3 Å². The first-order valence-electron chi connectivity index (χ1n) is 38.8. The van der Waals surface area contributed by atoms with Crippen molar-refractivity contribution in [1.29, 1.82) is 0 Å². The first-order chi connectivity index (χ1) is 59.3. The van der Waals surface area contributed by atoms with Crippen LogP contribution in [-0.4, -0.2) is 97.0 Å². The molecule has 0 fully saturated rings. The molecular weight excluding hydrogens is 1670 g/mol. The van der Waals surface area contributed by atoms with Crippen LogP contribution in [0.2, 0.25) is 5.15 Å². The molecular formula is C89H103ClF5N21O11. The normalized spacial score (nSPS) is 11.0. The number of carbonyl (C=O) groups is 4. The number of nitrogens with one attached hydrogen (secondary N) is 8. The number of nitrogens with zero attached hydrogens (tertiary/aromatic N) is 9. The number of guanidine groups is 1. The van der Waals surface area contributed by atoms with Crippen molar-refractivity contribution in [2.24, 2.45) is 27.4 Å². The van der Waals surface area contributed by atoms with Crippen molar-refractivity contribution >= 4 is 133 Å². The van der Waals surface area contributed by atoms with Gasteiger partial charge in [-0.05, 0) is 304 Å². The van der Waals surface area contributed by atoms with Crippen LogP contribution in [0.1, 0.15) is 128 Å². The lowest BCUT2D eigenvalue weighted by Crippen LogP contribution is -2.40. The van der Waals surface area contributed by atoms with Gasteiger partial charge in [-0.15, -0.1) is 4.99 Å². The highest BCUT2D eigenvalue weighted by Gasteiger charge is 2.22. The Bertz CT molecular complexity index is 6210. The predicted octanol–water partition coefficient (Wildman–Crippen LogP) is 18.0. The largest absolute Gasteiger partial charge is 0.444 e. The van der Waals surface area contributed by atoms with Crippen LogP contribution in [0.5, 0.6) is 0 Å². The van der Waals surface area contributed by atoms with Gasteiger partial charge in [-0.3, -0.25) is 29.9 Å². The lowest BCUT2D eigenvalue weighted by molar-refractivity contribution is -0.125. The van der Waals surface area contributed by atoms with E-state index in [1.54, 1.807) is 240 Å². The third-order valence-electron chi connectivity index (χ3n) is 17.0. The molecule has 1 atom stereocenters. The molecule has 0 bridgehead atoms. The summed E-state index contributed by atoms with van der Waals surface area (Å²) in [5, 5.41) is 19.0. The van der Waals surface area contributed by atoms with Crippen molar-refractivity contribution in [1.82, 2.24) is 55.0 Å². The number of aryl methyl sites for hydroxylation is 13. The van der Waals surface area contributed by atoms with Crippen molar-refractivity contribution in [3.05, 3.63) is 272 Å². The van der Waals surface area contributed by atoms with E-state index in [-0.39, 0.29) is 52.3 Å². The molecule has 0 saturated heterocycles. The molecule has 0 aliphatic heterocycles. The number of fused-ring (bicyclic) bond motifs is 2. The maximum Gasteiger partial charge on any atom is 0.437 e. The lowest BCUT2D eigenvalue weighted by atomic mass is 10.1. The van der Waals surface area contributed by atoms with Gasteiger partial charge in [-0.1, -0.05) is 11.6 Å². The molecule has 127 heavy (non-hydrogen) atoms. The molecule has 2 amide bonds.